The van der Waals surface area contributed by atoms with E-state index in [9.17, 15) is 0 Å². The second kappa shape index (κ2) is 5.15. The van der Waals surface area contributed by atoms with Gasteiger partial charge in [-0.1, -0.05) is 18.5 Å². The predicted molar refractivity (Wildman–Crippen MR) is 72.7 cm³/mol. The monoisotopic (exact) mass is 254 g/mol. The minimum absolute atomic E-state index is 0.275. The van der Waals surface area contributed by atoms with E-state index in [0.29, 0.717) is 11.6 Å². The molecule has 2 N–H and O–H groups in total. The van der Waals surface area contributed by atoms with Crippen LogP contribution < -0.4 is 10.6 Å². The van der Waals surface area contributed by atoms with Gasteiger partial charge in [-0.25, -0.2) is 0 Å². The minimum atomic E-state index is 0.275. The maximum Gasteiger partial charge on any atom is 0.0772 e. The Hall–Kier alpha value is -0.930. The number of hydrogen-bond acceptors (Lipinski definition) is 3. The van der Waals surface area contributed by atoms with Crippen LogP contribution in [0.4, 0.5) is 11.4 Å². The van der Waals surface area contributed by atoms with Gasteiger partial charge in [0.25, 0.3) is 0 Å². The molecule has 0 amide bonds. The van der Waals surface area contributed by atoms with Gasteiger partial charge in [-0.05, 0) is 30.5 Å². The Labute approximate surface area is 107 Å². The van der Waals surface area contributed by atoms with Gasteiger partial charge >= 0.3 is 0 Å². The third-order valence-electron chi connectivity index (χ3n) is 3.50. The van der Waals surface area contributed by atoms with E-state index in [1.165, 1.54) is 0 Å². The molecule has 17 heavy (non-hydrogen) atoms. The number of piperidine rings is 1. The Balaban J connectivity index is 2.17. The molecule has 4 heteroatoms. The number of nitrogens with zero attached hydrogens (tertiary/aromatic N) is 1. The highest BCUT2D eigenvalue weighted by atomic mass is 35.5. The fourth-order valence-corrected chi connectivity index (χ4v) is 2.65. The fraction of sp³-hybridized carbons (Fsp3) is 0.538. The maximum absolute atomic E-state index is 6.23. The summed E-state index contributed by atoms with van der Waals surface area (Å²) in [4.78, 5) is 2.27. The van der Waals surface area contributed by atoms with E-state index < -0.39 is 0 Å². The molecular weight excluding hydrogens is 236 g/mol. The van der Waals surface area contributed by atoms with E-state index in [-0.39, 0.29) is 6.10 Å². The number of anilines is 2. The first kappa shape index (κ1) is 12.5. The summed E-state index contributed by atoms with van der Waals surface area (Å²) in [7, 11) is 1.77. The van der Waals surface area contributed by atoms with Gasteiger partial charge in [0.1, 0.15) is 0 Å². The predicted octanol–water partition coefficient (Wildman–Crippen LogP) is 2.78. The molecule has 2 rings (SSSR count). The van der Waals surface area contributed by atoms with E-state index in [4.69, 9.17) is 22.1 Å². The number of nitrogens with two attached hydrogens (primary N) is 1. The van der Waals surface area contributed by atoms with Gasteiger partial charge in [-0.15, -0.1) is 0 Å². The van der Waals surface area contributed by atoms with Crippen molar-refractivity contribution in [2.45, 2.75) is 19.4 Å². The highest BCUT2D eigenvalue weighted by molar-refractivity contribution is 6.33. The van der Waals surface area contributed by atoms with E-state index in [2.05, 4.69) is 11.8 Å². The Morgan fingerprint density at radius 3 is 2.88 bits per heavy atom. The molecular formula is C13H19ClN2O. The highest BCUT2D eigenvalue weighted by Crippen LogP contribution is 2.31. The number of nitrogen functional groups attached to an aromatic ring is 1. The van der Waals surface area contributed by atoms with Crippen molar-refractivity contribution in [1.82, 2.24) is 0 Å². The summed E-state index contributed by atoms with van der Waals surface area (Å²) >= 11 is 6.23. The number of benzene rings is 1. The topological polar surface area (TPSA) is 38.5 Å². The van der Waals surface area contributed by atoms with E-state index in [0.717, 1.165) is 30.2 Å². The van der Waals surface area contributed by atoms with Crippen molar-refractivity contribution in [3.8, 4) is 0 Å². The Morgan fingerprint density at radius 2 is 2.24 bits per heavy atom. The fourth-order valence-electron chi connectivity index (χ4n) is 2.34. The molecule has 1 aliphatic heterocycles. The number of rotatable bonds is 2. The van der Waals surface area contributed by atoms with Crippen molar-refractivity contribution in [3.63, 3.8) is 0 Å². The third kappa shape index (κ3) is 2.67. The minimum Gasteiger partial charge on any atom is -0.399 e. The Kier molecular flexibility index (Phi) is 3.79. The van der Waals surface area contributed by atoms with Gasteiger partial charge in [0.15, 0.2) is 0 Å². The molecule has 0 aromatic heterocycles. The summed E-state index contributed by atoms with van der Waals surface area (Å²) in [5.41, 5.74) is 7.46. The Bertz CT molecular complexity index is 397. The zero-order chi connectivity index (χ0) is 12.4. The lowest BCUT2D eigenvalue weighted by Crippen LogP contribution is -2.44. The first-order chi connectivity index (χ1) is 8.11. The first-order valence-electron chi connectivity index (χ1n) is 5.94. The number of halogens is 1. The van der Waals surface area contributed by atoms with Gasteiger partial charge < -0.3 is 15.4 Å². The molecule has 1 fully saturated rings. The SMILES string of the molecule is COC1CN(c2ccc(N)cc2Cl)CCC1C. The second-order valence-corrected chi connectivity index (χ2v) is 5.10. The van der Waals surface area contributed by atoms with Crippen molar-refractivity contribution in [3.05, 3.63) is 23.2 Å². The van der Waals surface area contributed by atoms with Gasteiger partial charge in [-0.2, -0.15) is 0 Å². The average Bonchev–Trinajstić information content (AvgIpc) is 2.30. The summed E-state index contributed by atoms with van der Waals surface area (Å²) < 4.78 is 5.51. The van der Waals surface area contributed by atoms with Gasteiger partial charge in [0.2, 0.25) is 0 Å². The number of hydrogen-bond donors (Lipinski definition) is 1. The van der Waals surface area contributed by atoms with Crippen LogP contribution in [0.3, 0.4) is 0 Å². The smallest absolute Gasteiger partial charge is 0.0772 e. The molecule has 1 aromatic rings. The van der Waals surface area contributed by atoms with Crippen molar-refractivity contribution >= 4 is 23.0 Å². The molecule has 0 bridgehead atoms. The Morgan fingerprint density at radius 1 is 1.47 bits per heavy atom. The van der Waals surface area contributed by atoms with Crippen LogP contribution in [0, 0.1) is 5.92 Å². The highest BCUT2D eigenvalue weighted by Gasteiger charge is 2.26. The molecule has 3 nitrogen and oxygen atoms in total. The van der Waals surface area contributed by atoms with Crippen molar-refractivity contribution < 1.29 is 4.74 Å². The molecule has 1 heterocycles. The first-order valence-corrected chi connectivity index (χ1v) is 6.32. The standard InChI is InChI=1S/C13H19ClN2O/c1-9-5-6-16(8-13(9)17-2)12-4-3-10(15)7-11(12)14/h3-4,7,9,13H,5-6,8,15H2,1-2H3. The van der Waals surface area contributed by atoms with E-state index in [1.807, 2.05) is 12.1 Å². The van der Waals surface area contributed by atoms with E-state index >= 15 is 0 Å². The van der Waals surface area contributed by atoms with Gasteiger partial charge in [0.05, 0.1) is 16.8 Å². The largest absolute Gasteiger partial charge is 0.399 e. The number of ether oxygens (including phenoxy) is 1. The zero-order valence-corrected chi connectivity index (χ0v) is 11.1. The lowest BCUT2D eigenvalue weighted by molar-refractivity contribution is 0.0498. The summed E-state index contributed by atoms with van der Waals surface area (Å²) in [5.74, 6) is 0.601. The van der Waals surface area contributed by atoms with Crippen LogP contribution in [0.5, 0.6) is 0 Å². The molecule has 94 valence electrons. The van der Waals surface area contributed by atoms with Gasteiger partial charge in [-0.3, -0.25) is 0 Å². The summed E-state index contributed by atoms with van der Waals surface area (Å²) in [6, 6.07) is 5.68. The van der Waals surface area contributed by atoms with Crippen LogP contribution in [0.2, 0.25) is 5.02 Å². The molecule has 2 atom stereocenters. The molecule has 0 spiro atoms. The molecule has 0 saturated carbocycles. The third-order valence-corrected chi connectivity index (χ3v) is 3.81. The van der Waals surface area contributed by atoms with Crippen LogP contribution in [0.25, 0.3) is 0 Å². The number of methoxy groups -OCH3 is 1. The molecule has 0 radical (unpaired) electrons. The zero-order valence-electron chi connectivity index (χ0n) is 10.3. The summed E-state index contributed by atoms with van der Waals surface area (Å²) in [5, 5.41) is 0.717. The normalized spacial score (nSPS) is 25.0. The van der Waals surface area contributed by atoms with Crippen molar-refractivity contribution in [2.75, 3.05) is 30.8 Å². The van der Waals surface area contributed by atoms with Crippen molar-refractivity contribution in [1.29, 1.82) is 0 Å². The maximum atomic E-state index is 6.23. The van der Waals surface area contributed by atoms with Crippen LogP contribution in [0.15, 0.2) is 18.2 Å². The molecule has 2 unspecified atom stereocenters. The lowest BCUT2D eigenvalue weighted by atomic mass is 9.95. The molecule has 1 aliphatic rings. The lowest BCUT2D eigenvalue weighted by Gasteiger charge is -2.38. The van der Waals surface area contributed by atoms with Crippen LogP contribution in [0.1, 0.15) is 13.3 Å². The van der Waals surface area contributed by atoms with E-state index in [1.54, 1.807) is 13.2 Å². The quantitative estimate of drug-likeness (QED) is 0.825. The van der Waals surface area contributed by atoms with Gasteiger partial charge in [0, 0.05) is 25.9 Å². The van der Waals surface area contributed by atoms with Crippen LogP contribution in [-0.2, 0) is 4.74 Å². The van der Waals surface area contributed by atoms with Crippen LogP contribution in [-0.4, -0.2) is 26.3 Å². The summed E-state index contributed by atoms with van der Waals surface area (Å²) in [6.45, 7) is 4.14. The average molecular weight is 255 g/mol. The van der Waals surface area contributed by atoms with Crippen molar-refractivity contribution in [2.24, 2.45) is 5.92 Å². The molecule has 0 aliphatic carbocycles. The summed E-state index contributed by atoms with van der Waals surface area (Å²) in [6.07, 6.45) is 1.40. The van der Waals surface area contributed by atoms with Crippen LogP contribution >= 0.6 is 11.6 Å². The molecule has 1 saturated heterocycles. The second-order valence-electron chi connectivity index (χ2n) is 4.70. The molecule has 1 aromatic carbocycles.